The number of halogens is 5. The summed E-state index contributed by atoms with van der Waals surface area (Å²) in [7, 11) is 1.04. The Morgan fingerprint density at radius 2 is 1.84 bits per heavy atom. The fourth-order valence-electron chi connectivity index (χ4n) is 1.47. The molecule has 0 saturated carbocycles. The largest absolute Gasteiger partial charge is 0.496 e. The average Bonchev–Trinajstić information content (AvgIpc) is 2.35. The number of hydrogen-bond donors (Lipinski definition) is 2. The maximum atomic E-state index is 13.2. The zero-order valence-electron chi connectivity index (χ0n) is 9.84. The number of benzene rings is 1. The van der Waals surface area contributed by atoms with E-state index in [9.17, 15) is 22.0 Å². The first-order chi connectivity index (χ1) is 8.63. The summed E-state index contributed by atoms with van der Waals surface area (Å²) < 4.78 is 68.5. The number of ether oxygens (including phenoxy) is 1. The van der Waals surface area contributed by atoms with Crippen molar-refractivity contribution >= 4 is 0 Å². The molecule has 108 valence electrons. The lowest BCUT2D eigenvalue weighted by molar-refractivity contribution is -0.137. The molecule has 1 aromatic carbocycles. The van der Waals surface area contributed by atoms with Gasteiger partial charge in [-0.25, -0.2) is 8.78 Å². The van der Waals surface area contributed by atoms with E-state index >= 15 is 0 Å². The zero-order valence-corrected chi connectivity index (χ0v) is 9.84. The van der Waals surface area contributed by atoms with Crippen molar-refractivity contribution in [1.82, 2.24) is 0 Å². The van der Waals surface area contributed by atoms with Crippen LogP contribution in [-0.4, -0.2) is 24.7 Å². The van der Waals surface area contributed by atoms with Crippen LogP contribution in [0.3, 0.4) is 0 Å². The molecule has 0 aliphatic carbocycles. The van der Waals surface area contributed by atoms with E-state index in [1.165, 1.54) is 0 Å². The van der Waals surface area contributed by atoms with Gasteiger partial charge in [-0.15, -0.1) is 0 Å². The Morgan fingerprint density at radius 1 is 1.26 bits per heavy atom. The summed E-state index contributed by atoms with van der Waals surface area (Å²) in [6.07, 6.45) is -4.62. The highest BCUT2D eigenvalue weighted by Crippen LogP contribution is 2.38. The Labute approximate surface area is 105 Å². The normalized spacial score (nSPS) is 14.3. The Kier molecular flexibility index (Phi) is 4.36. The van der Waals surface area contributed by atoms with E-state index in [2.05, 4.69) is 4.74 Å². The van der Waals surface area contributed by atoms with Crippen molar-refractivity contribution in [3.05, 3.63) is 29.3 Å². The van der Waals surface area contributed by atoms with Gasteiger partial charge in [-0.2, -0.15) is 13.2 Å². The van der Waals surface area contributed by atoms with Crippen molar-refractivity contribution in [3.8, 4) is 5.75 Å². The summed E-state index contributed by atoms with van der Waals surface area (Å²) in [6.45, 7) is -1.52. The maximum Gasteiger partial charge on any atom is 0.416 e. The lowest BCUT2D eigenvalue weighted by Crippen LogP contribution is -2.36. The Balaban J connectivity index is 3.24. The van der Waals surface area contributed by atoms with E-state index in [0.29, 0.717) is 12.1 Å². The van der Waals surface area contributed by atoms with Gasteiger partial charge in [0.05, 0.1) is 12.7 Å². The first-order valence-electron chi connectivity index (χ1n) is 5.13. The molecule has 1 rings (SSSR count). The number of alkyl halides is 5. The fourth-order valence-corrected chi connectivity index (χ4v) is 1.47. The SMILES string of the molecule is COc1cc(C(F)(F)F)ccc1[C@@H](N)C(F)(F)CO. The standard InChI is InChI=1S/C11H12F5NO2/c1-19-8-4-6(11(14,15)16)2-3-7(8)9(17)10(12,13)5-18/h2-4,9,18H,5,17H2,1H3/t9-/m1/s1. The number of nitrogens with two attached hydrogens (primary N) is 1. The van der Waals surface area contributed by atoms with Gasteiger partial charge in [0.1, 0.15) is 18.4 Å². The molecule has 0 bridgehead atoms. The van der Waals surface area contributed by atoms with E-state index in [4.69, 9.17) is 10.8 Å². The van der Waals surface area contributed by atoms with Crippen molar-refractivity contribution in [3.63, 3.8) is 0 Å². The highest BCUT2D eigenvalue weighted by Gasteiger charge is 2.40. The molecule has 0 radical (unpaired) electrons. The smallest absolute Gasteiger partial charge is 0.416 e. The van der Waals surface area contributed by atoms with Crippen LogP contribution in [0.1, 0.15) is 17.2 Å². The van der Waals surface area contributed by atoms with Crippen LogP contribution in [0.4, 0.5) is 22.0 Å². The molecule has 3 N–H and O–H groups in total. The third-order valence-corrected chi connectivity index (χ3v) is 2.56. The van der Waals surface area contributed by atoms with Crippen molar-refractivity contribution in [2.45, 2.75) is 18.1 Å². The molecule has 1 atom stereocenters. The van der Waals surface area contributed by atoms with E-state index < -0.39 is 36.1 Å². The summed E-state index contributed by atoms with van der Waals surface area (Å²) in [6, 6.07) is 0.0682. The van der Waals surface area contributed by atoms with Gasteiger partial charge < -0.3 is 15.6 Å². The highest BCUT2D eigenvalue weighted by molar-refractivity contribution is 5.41. The van der Waals surface area contributed by atoms with Gasteiger partial charge in [-0.05, 0) is 12.1 Å². The molecular formula is C11H12F5NO2. The average molecular weight is 285 g/mol. The minimum absolute atomic E-state index is 0.311. The summed E-state index contributed by atoms with van der Waals surface area (Å²) in [4.78, 5) is 0. The fraction of sp³-hybridized carbons (Fsp3) is 0.455. The molecule has 0 amide bonds. The van der Waals surface area contributed by atoms with Crippen LogP contribution >= 0.6 is 0 Å². The first kappa shape index (κ1) is 15.6. The minimum atomic E-state index is -4.62. The quantitative estimate of drug-likeness (QED) is 0.835. The van der Waals surface area contributed by atoms with Crippen molar-refractivity contribution in [2.24, 2.45) is 5.73 Å². The van der Waals surface area contributed by atoms with E-state index in [0.717, 1.165) is 13.2 Å². The van der Waals surface area contributed by atoms with E-state index in [-0.39, 0.29) is 5.56 Å². The molecule has 0 aromatic heterocycles. The van der Waals surface area contributed by atoms with Crippen LogP contribution < -0.4 is 10.5 Å². The molecule has 0 unspecified atom stereocenters. The molecule has 3 nitrogen and oxygen atoms in total. The predicted molar refractivity (Wildman–Crippen MR) is 57.0 cm³/mol. The number of aliphatic hydroxyl groups excluding tert-OH is 1. The van der Waals surface area contributed by atoms with Crippen molar-refractivity contribution < 1.29 is 31.8 Å². The second kappa shape index (κ2) is 5.30. The van der Waals surface area contributed by atoms with Gasteiger partial charge in [-0.1, -0.05) is 6.07 Å². The topological polar surface area (TPSA) is 55.5 Å². The Morgan fingerprint density at radius 3 is 2.26 bits per heavy atom. The van der Waals surface area contributed by atoms with Crippen LogP contribution in [0.25, 0.3) is 0 Å². The number of hydrogen-bond acceptors (Lipinski definition) is 3. The lowest BCUT2D eigenvalue weighted by Gasteiger charge is -2.23. The summed E-state index contributed by atoms with van der Waals surface area (Å²) >= 11 is 0. The van der Waals surface area contributed by atoms with Gasteiger partial charge in [0.2, 0.25) is 0 Å². The molecular weight excluding hydrogens is 273 g/mol. The van der Waals surface area contributed by atoms with Gasteiger partial charge in [0.25, 0.3) is 5.92 Å². The Bertz CT molecular complexity index is 447. The van der Waals surface area contributed by atoms with Crippen LogP contribution in [0.2, 0.25) is 0 Å². The second-order valence-corrected chi connectivity index (χ2v) is 3.85. The lowest BCUT2D eigenvalue weighted by atomic mass is 9.99. The van der Waals surface area contributed by atoms with Crippen LogP contribution in [-0.2, 0) is 6.18 Å². The monoisotopic (exact) mass is 285 g/mol. The molecule has 0 aliphatic rings. The molecule has 0 heterocycles. The maximum absolute atomic E-state index is 13.2. The van der Waals surface area contributed by atoms with Crippen LogP contribution in [0.15, 0.2) is 18.2 Å². The molecule has 19 heavy (non-hydrogen) atoms. The first-order valence-corrected chi connectivity index (χ1v) is 5.13. The number of methoxy groups -OCH3 is 1. The predicted octanol–water partition coefficient (Wildman–Crippen LogP) is 2.34. The number of rotatable bonds is 4. The van der Waals surface area contributed by atoms with Gasteiger partial charge in [-0.3, -0.25) is 0 Å². The molecule has 0 aliphatic heterocycles. The summed E-state index contributed by atoms with van der Waals surface area (Å²) in [5.41, 5.74) is 3.90. The van der Waals surface area contributed by atoms with Gasteiger partial charge in [0.15, 0.2) is 0 Å². The third-order valence-electron chi connectivity index (χ3n) is 2.56. The van der Waals surface area contributed by atoms with Crippen LogP contribution in [0, 0.1) is 0 Å². The van der Waals surface area contributed by atoms with Crippen molar-refractivity contribution in [1.29, 1.82) is 0 Å². The summed E-state index contributed by atoms with van der Waals surface area (Å²) in [5.74, 6) is -4.07. The zero-order chi connectivity index (χ0) is 14.8. The molecule has 8 heteroatoms. The third kappa shape index (κ3) is 3.32. The van der Waals surface area contributed by atoms with Gasteiger partial charge >= 0.3 is 6.18 Å². The highest BCUT2D eigenvalue weighted by atomic mass is 19.4. The van der Waals surface area contributed by atoms with Crippen molar-refractivity contribution in [2.75, 3.05) is 13.7 Å². The van der Waals surface area contributed by atoms with Crippen LogP contribution in [0.5, 0.6) is 5.75 Å². The molecule has 0 saturated heterocycles. The molecule has 0 fully saturated rings. The molecule has 1 aromatic rings. The van der Waals surface area contributed by atoms with Gasteiger partial charge in [0, 0.05) is 5.56 Å². The second-order valence-electron chi connectivity index (χ2n) is 3.85. The van der Waals surface area contributed by atoms with E-state index in [1.807, 2.05) is 0 Å². The molecule has 0 spiro atoms. The minimum Gasteiger partial charge on any atom is -0.496 e. The number of aliphatic hydroxyl groups is 1. The van der Waals surface area contributed by atoms with E-state index in [1.54, 1.807) is 0 Å². The Hall–Kier alpha value is -1.41. The summed E-state index contributed by atoms with van der Waals surface area (Å²) in [5, 5.41) is 8.52.